The van der Waals surface area contributed by atoms with Gasteiger partial charge in [0.05, 0.1) is 32.6 Å². The van der Waals surface area contributed by atoms with Crippen LogP contribution >= 0.6 is 0 Å². The molecule has 0 radical (unpaired) electrons. The molecule has 0 atom stereocenters. The van der Waals surface area contributed by atoms with Gasteiger partial charge in [-0.25, -0.2) is 0 Å². The lowest BCUT2D eigenvalue weighted by Crippen LogP contribution is -2.37. The summed E-state index contributed by atoms with van der Waals surface area (Å²) in [5.74, 6) is 0.805. The Balaban J connectivity index is 1.76. The van der Waals surface area contributed by atoms with Gasteiger partial charge in [-0.1, -0.05) is 0 Å². The first-order chi connectivity index (χ1) is 12.7. The van der Waals surface area contributed by atoms with Crippen molar-refractivity contribution < 1.29 is 14.3 Å². The predicted octanol–water partition coefficient (Wildman–Crippen LogP) is 1.89. The number of hydrogen-bond acceptors (Lipinski definition) is 5. The zero-order valence-corrected chi connectivity index (χ0v) is 15.4. The summed E-state index contributed by atoms with van der Waals surface area (Å²) in [5.41, 5.74) is 1.62. The van der Waals surface area contributed by atoms with Gasteiger partial charge in [-0.15, -0.1) is 0 Å². The third-order valence-corrected chi connectivity index (χ3v) is 4.60. The number of methoxy groups -OCH3 is 1. The van der Waals surface area contributed by atoms with Gasteiger partial charge >= 0.3 is 0 Å². The molecule has 0 saturated carbocycles. The molecule has 7 heteroatoms. The molecule has 3 rings (SSSR count). The standard InChI is InChI=1S/C19H26N4O3/c1-3-21(9-10-23-8-4-7-20-23)19(24)16-5-6-18(25-2)17(15-16)22-11-13-26-14-12-22/h4-8,15H,3,9-14H2,1-2H3. The van der Waals surface area contributed by atoms with Gasteiger partial charge in [-0.2, -0.15) is 5.10 Å². The third kappa shape index (κ3) is 4.16. The number of rotatable bonds is 7. The topological polar surface area (TPSA) is 59.8 Å². The molecule has 26 heavy (non-hydrogen) atoms. The number of morpholine rings is 1. The van der Waals surface area contributed by atoms with Gasteiger partial charge in [-0.05, 0) is 31.2 Å². The average molecular weight is 358 g/mol. The molecule has 0 N–H and O–H groups in total. The van der Waals surface area contributed by atoms with E-state index in [1.165, 1.54) is 0 Å². The quantitative estimate of drug-likeness (QED) is 0.756. The van der Waals surface area contributed by atoms with E-state index in [1.54, 1.807) is 13.3 Å². The van der Waals surface area contributed by atoms with E-state index in [0.29, 0.717) is 38.4 Å². The van der Waals surface area contributed by atoms with Crippen molar-refractivity contribution in [1.82, 2.24) is 14.7 Å². The second-order valence-electron chi connectivity index (χ2n) is 6.14. The van der Waals surface area contributed by atoms with Crippen LogP contribution in [0.4, 0.5) is 5.69 Å². The fourth-order valence-corrected chi connectivity index (χ4v) is 3.12. The van der Waals surface area contributed by atoms with Gasteiger partial charge in [0.2, 0.25) is 0 Å². The molecular formula is C19H26N4O3. The lowest BCUT2D eigenvalue weighted by molar-refractivity contribution is 0.0757. The van der Waals surface area contributed by atoms with Crippen LogP contribution in [0.15, 0.2) is 36.7 Å². The van der Waals surface area contributed by atoms with Crippen molar-refractivity contribution in [1.29, 1.82) is 0 Å². The number of hydrogen-bond donors (Lipinski definition) is 0. The van der Waals surface area contributed by atoms with Gasteiger partial charge in [0, 0.05) is 44.1 Å². The second-order valence-corrected chi connectivity index (χ2v) is 6.14. The highest BCUT2D eigenvalue weighted by Gasteiger charge is 2.20. The molecule has 0 aliphatic carbocycles. The molecule has 1 aliphatic rings. The van der Waals surface area contributed by atoms with Gasteiger partial charge in [0.25, 0.3) is 5.91 Å². The number of benzene rings is 1. The number of likely N-dealkylation sites (N-methyl/N-ethyl adjacent to an activating group) is 1. The van der Waals surface area contributed by atoms with E-state index in [2.05, 4.69) is 10.00 Å². The Kier molecular flexibility index (Phi) is 6.12. The van der Waals surface area contributed by atoms with E-state index in [1.807, 2.05) is 47.0 Å². The molecule has 1 fully saturated rings. The van der Waals surface area contributed by atoms with Gasteiger partial charge in [0.15, 0.2) is 0 Å². The van der Waals surface area contributed by atoms with Crippen molar-refractivity contribution in [2.45, 2.75) is 13.5 Å². The van der Waals surface area contributed by atoms with Crippen LogP contribution in [0.3, 0.4) is 0 Å². The smallest absolute Gasteiger partial charge is 0.253 e. The summed E-state index contributed by atoms with van der Waals surface area (Å²) < 4.78 is 12.8. The molecule has 1 aliphatic heterocycles. The molecule has 1 aromatic carbocycles. The molecule has 1 amide bonds. The lowest BCUT2D eigenvalue weighted by Gasteiger charge is -2.30. The third-order valence-electron chi connectivity index (χ3n) is 4.60. The van der Waals surface area contributed by atoms with Crippen molar-refractivity contribution in [3.8, 4) is 5.75 Å². The van der Waals surface area contributed by atoms with Crippen LogP contribution in [0, 0.1) is 0 Å². The number of carbonyl (C=O) groups excluding carboxylic acids is 1. The van der Waals surface area contributed by atoms with Crippen LogP contribution in [0.2, 0.25) is 0 Å². The lowest BCUT2D eigenvalue weighted by atomic mass is 10.1. The Bertz CT molecular complexity index is 712. The van der Waals surface area contributed by atoms with Crippen LogP contribution in [0.25, 0.3) is 0 Å². The minimum absolute atomic E-state index is 0.0248. The summed E-state index contributed by atoms with van der Waals surface area (Å²) in [6, 6.07) is 7.53. The van der Waals surface area contributed by atoms with Gasteiger partial charge < -0.3 is 19.3 Å². The fraction of sp³-hybridized carbons (Fsp3) is 0.474. The van der Waals surface area contributed by atoms with Crippen molar-refractivity contribution in [2.24, 2.45) is 0 Å². The Morgan fingerprint density at radius 1 is 1.35 bits per heavy atom. The molecule has 0 spiro atoms. The van der Waals surface area contributed by atoms with Crippen LogP contribution in [-0.2, 0) is 11.3 Å². The van der Waals surface area contributed by atoms with E-state index in [0.717, 1.165) is 24.5 Å². The van der Waals surface area contributed by atoms with Crippen molar-refractivity contribution in [3.05, 3.63) is 42.2 Å². The van der Waals surface area contributed by atoms with E-state index >= 15 is 0 Å². The zero-order chi connectivity index (χ0) is 18.4. The van der Waals surface area contributed by atoms with Crippen molar-refractivity contribution in [2.75, 3.05) is 51.4 Å². The van der Waals surface area contributed by atoms with E-state index in [9.17, 15) is 4.79 Å². The number of ether oxygens (including phenoxy) is 2. The highest BCUT2D eigenvalue weighted by atomic mass is 16.5. The Morgan fingerprint density at radius 2 is 2.15 bits per heavy atom. The molecule has 2 heterocycles. The molecule has 1 aromatic heterocycles. The highest BCUT2D eigenvalue weighted by molar-refractivity contribution is 5.95. The Hall–Kier alpha value is -2.54. The molecule has 0 bridgehead atoms. The maximum Gasteiger partial charge on any atom is 0.253 e. The number of aromatic nitrogens is 2. The summed E-state index contributed by atoms with van der Waals surface area (Å²) in [5, 5.41) is 4.20. The normalized spacial score (nSPS) is 14.3. The number of anilines is 1. The first kappa shape index (κ1) is 18.3. The van der Waals surface area contributed by atoms with E-state index in [4.69, 9.17) is 9.47 Å². The second kappa shape index (κ2) is 8.71. The summed E-state index contributed by atoms with van der Waals surface area (Å²) in [4.78, 5) is 17.0. The largest absolute Gasteiger partial charge is 0.495 e. The number of carbonyl (C=O) groups is 1. The number of nitrogens with zero attached hydrogens (tertiary/aromatic N) is 4. The first-order valence-electron chi connectivity index (χ1n) is 9.00. The van der Waals surface area contributed by atoms with Gasteiger partial charge in [-0.3, -0.25) is 9.48 Å². The molecular weight excluding hydrogens is 332 g/mol. The molecule has 0 unspecified atom stereocenters. The monoisotopic (exact) mass is 358 g/mol. The average Bonchev–Trinajstić information content (AvgIpc) is 3.22. The highest BCUT2D eigenvalue weighted by Crippen LogP contribution is 2.30. The summed E-state index contributed by atoms with van der Waals surface area (Å²) in [6.07, 6.45) is 3.65. The fourth-order valence-electron chi connectivity index (χ4n) is 3.12. The molecule has 7 nitrogen and oxygen atoms in total. The minimum Gasteiger partial charge on any atom is -0.495 e. The van der Waals surface area contributed by atoms with Crippen LogP contribution < -0.4 is 9.64 Å². The summed E-state index contributed by atoms with van der Waals surface area (Å²) in [6.45, 7) is 6.91. The molecule has 2 aromatic rings. The predicted molar refractivity (Wildman–Crippen MR) is 99.8 cm³/mol. The van der Waals surface area contributed by atoms with Crippen LogP contribution in [0.1, 0.15) is 17.3 Å². The first-order valence-corrected chi connectivity index (χ1v) is 9.00. The molecule has 140 valence electrons. The molecule has 1 saturated heterocycles. The van der Waals surface area contributed by atoms with Crippen LogP contribution in [0.5, 0.6) is 5.75 Å². The Morgan fingerprint density at radius 3 is 2.81 bits per heavy atom. The minimum atomic E-state index is 0.0248. The summed E-state index contributed by atoms with van der Waals surface area (Å²) in [7, 11) is 1.66. The number of amides is 1. The maximum absolute atomic E-state index is 13.0. The van der Waals surface area contributed by atoms with Crippen molar-refractivity contribution >= 4 is 11.6 Å². The van der Waals surface area contributed by atoms with Crippen molar-refractivity contribution in [3.63, 3.8) is 0 Å². The van der Waals surface area contributed by atoms with Gasteiger partial charge in [0.1, 0.15) is 5.75 Å². The van der Waals surface area contributed by atoms with E-state index < -0.39 is 0 Å². The van der Waals surface area contributed by atoms with Crippen LogP contribution in [-0.4, -0.2) is 67.1 Å². The SMILES string of the molecule is CCN(CCn1cccn1)C(=O)c1ccc(OC)c(N2CCOCC2)c1. The Labute approximate surface area is 154 Å². The van der Waals surface area contributed by atoms with E-state index in [-0.39, 0.29) is 5.91 Å². The zero-order valence-electron chi connectivity index (χ0n) is 15.4. The maximum atomic E-state index is 13.0. The summed E-state index contributed by atoms with van der Waals surface area (Å²) >= 11 is 0.